The van der Waals surface area contributed by atoms with Crippen molar-refractivity contribution in [2.45, 2.75) is 18.9 Å². The summed E-state index contributed by atoms with van der Waals surface area (Å²) < 4.78 is 10.7. The molecule has 0 amide bonds. The zero-order valence-electron chi connectivity index (χ0n) is 5.51. The first-order valence-corrected chi connectivity index (χ1v) is 3.64. The fourth-order valence-corrected chi connectivity index (χ4v) is 1.56. The highest BCUT2D eigenvalue weighted by Gasteiger charge is 2.27. The van der Waals surface area contributed by atoms with Crippen LogP contribution >= 0.6 is 0 Å². The lowest BCUT2D eigenvalue weighted by Gasteiger charge is -2.08. The van der Waals surface area contributed by atoms with Crippen LogP contribution in [0.3, 0.4) is 0 Å². The molecular weight excluding hydrogens is 116 g/mol. The molecule has 2 heteroatoms. The largest absolute Gasteiger partial charge is 0.379 e. The van der Waals surface area contributed by atoms with Crippen molar-refractivity contribution in [2.24, 2.45) is 5.92 Å². The van der Waals surface area contributed by atoms with E-state index >= 15 is 0 Å². The Morgan fingerprint density at radius 3 is 3.22 bits per heavy atom. The number of rotatable bonds is 0. The molecule has 2 atom stereocenters. The van der Waals surface area contributed by atoms with Crippen LogP contribution in [0.15, 0.2) is 0 Å². The van der Waals surface area contributed by atoms with Gasteiger partial charge in [0.05, 0.1) is 19.3 Å². The van der Waals surface area contributed by atoms with E-state index in [4.69, 9.17) is 9.47 Å². The van der Waals surface area contributed by atoms with E-state index in [1.165, 1.54) is 12.8 Å². The van der Waals surface area contributed by atoms with Crippen molar-refractivity contribution < 1.29 is 9.47 Å². The lowest BCUT2D eigenvalue weighted by Crippen LogP contribution is -2.13. The Labute approximate surface area is 55.1 Å². The van der Waals surface area contributed by atoms with Gasteiger partial charge in [0.2, 0.25) is 0 Å². The van der Waals surface area contributed by atoms with E-state index in [0.29, 0.717) is 6.10 Å². The van der Waals surface area contributed by atoms with E-state index in [1.54, 1.807) is 0 Å². The molecule has 2 saturated heterocycles. The van der Waals surface area contributed by atoms with Gasteiger partial charge in [-0.15, -0.1) is 0 Å². The molecule has 2 bridgehead atoms. The van der Waals surface area contributed by atoms with Gasteiger partial charge in [-0.25, -0.2) is 0 Å². The first-order valence-electron chi connectivity index (χ1n) is 3.64. The highest BCUT2D eigenvalue weighted by molar-refractivity contribution is 4.75. The average Bonchev–Trinajstić information content (AvgIpc) is 2.09. The van der Waals surface area contributed by atoms with Crippen molar-refractivity contribution >= 4 is 0 Å². The molecular formula is C7H12O2. The van der Waals surface area contributed by atoms with E-state index in [2.05, 4.69) is 0 Å². The summed E-state index contributed by atoms with van der Waals surface area (Å²) in [6.07, 6.45) is 2.87. The molecule has 2 aliphatic rings. The molecule has 2 heterocycles. The second kappa shape index (κ2) is 2.27. The normalized spacial score (nSPS) is 42.7. The van der Waals surface area contributed by atoms with Gasteiger partial charge < -0.3 is 9.47 Å². The summed E-state index contributed by atoms with van der Waals surface area (Å²) in [5, 5.41) is 0. The van der Waals surface area contributed by atoms with E-state index in [-0.39, 0.29) is 0 Å². The van der Waals surface area contributed by atoms with Gasteiger partial charge >= 0.3 is 0 Å². The molecule has 52 valence electrons. The summed E-state index contributed by atoms with van der Waals surface area (Å²) in [7, 11) is 0. The van der Waals surface area contributed by atoms with Gasteiger partial charge in [-0.05, 0) is 18.8 Å². The van der Waals surface area contributed by atoms with Crippen LogP contribution in [-0.2, 0) is 9.47 Å². The van der Waals surface area contributed by atoms with Crippen molar-refractivity contribution in [3.05, 3.63) is 0 Å². The summed E-state index contributed by atoms with van der Waals surface area (Å²) in [6.45, 7) is 2.76. The van der Waals surface area contributed by atoms with Crippen LogP contribution in [0.1, 0.15) is 12.8 Å². The first-order chi connectivity index (χ1) is 4.45. The van der Waals surface area contributed by atoms with Crippen LogP contribution in [-0.4, -0.2) is 25.9 Å². The minimum atomic E-state index is 0.428. The summed E-state index contributed by atoms with van der Waals surface area (Å²) in [6, 6.07) is 0. The van der Waals surface area contributed by atoms with Gasteiger partial charge in [0.25, 0.3) is 0 Å². The zero-order chi connectivity index (χ0) is 6.10. The Morgan fingerprint density at radius 1 is 1.22 bits per heavy atom. The molecule has 0 spiro atoms. The van der Waals surface area contributed by atoms with Crippen LogP contribution in [0, 0.1) is 5.92 Å². The molecule has 2 unspecified atom stereocenters. The number of fused-ring (bicyclic) bond motifs is 2. The van der Waals surface area contributed by atoms with Crippen LogP contribution < -0.4 is 0 Å². The lowest BCUT2D eigenvalue weighted by molar-refractivity contribution is 0.00512. The maximum Gasteiger partial charge on any atom is 0.0812 e. The van der Waals surface area contributed by atoms with Crippen molar-refractivity contribution in [2.75, 3.05) is 19.8 Å². The quantitative estimate of drug-likeness (QED) is 0.480. The second-order valence-corrected chi connectivity index (χ2v) is 2.92. The second-order valence-electron chi connectivity index (χ2n) is 2.92. The van der Waals surface area contributed by atoms with Crippen LogP contribution in [0.2, 0.25) is 0 Å². The van der Waals surface area contributed by atoms with Crippen LogP contribution in [0.5, 0.6) is 0 Å². The molecule has 2 nitrogen and oxygen atoms in total. The van der Waals surface area contributed by atoms with Gasteiger partial charge in [0.15, 0.2) is 0 Å². The number of hydrogen-bond acceptors (Lipinski definition) is 2. The third kappa shape index (κ3) is 1.10. The smallest absolute Gasteiger partial charge is 0.0812 e. The van der Waals surface area contributed by atoms with E-state index in [9.17, 15) is 0 Å². The molecule has 0 radical (unpaired) electrons. The maximum absolute atomic E-state index is 5.43. The Morgan fingerprint density at radius 2 is 2.22 bits per heavy atom. The summed E-state index contributed by atoms with van der Waals surface area (Å²) >= 11 is 0. The lowest BCUT2D eigenvalue weighted by atomic mass is 10.0. The van der Waals surface area contributed by atoms with Gasteiger partial charge in [-0.3, -0.25) is 0 Å². The summed E-state index contributed by atoms with van der Waals surface area (Å²) in [4.78, 5) is 0. The van der Waals surface area contributed by atoms with Crippen molar-refractivity contribution in [3.63, 3.8) is 0 Å². The molecule has 2 fully saturated rings. The molecule has 0 aliphatic carbocycles. The van der Waals surface area contributed by atoms with Gasteiger partial charge in [-0.2, -0.15) is 0 Å². The maximum atomic E-state index is 5.43. The predicted molar refractivity (Wildman–Crippen MR) is 33.3 cm³/mol. The summed E-state index contributed by atoms with van der Waals surface area (Å²) in [5.74, 6) is 0.803. The Balaban J connectivity index is 1.99. The number of ether oxygens (including phenoxy) is 2. The Hall–Kier alpha value is -0.0800. The standard InChI is InChI=1S/C7H12O2/c1-2-8-5-7-3-6(1)4-9-7/h6-7H,1-5H2. The van der Waals surface area contributed by atoms with Gasteiger partial charge in [-0.1, -0.05) is 0 Å². The molecule has 0 aromatic carbocycles. The number of hydrogen-bond donors (Lipinski definition) is 0. The Bertz CT molecular complexity index is 91.1. The zero-order valence-corrected chi connectivity index (χ0v) is 5.51. The minimum Gasteiger partial charge on any atom is -0.379 e. The average molecular weight is 128 g/mol. The first kappa shape index (κ1) is 5.69. The molecule has 0 aromatic heterocycles. The van der Waals surface area contributed by atoms with Gasteiger partial charge in [0, 0.05) is 6.61 Å². The summed E-state index contributed by atoms with van der Waals surface area (Å²) in [5.41, 5.74) is 0. The van der Waals surface area contributed by atoms with E-state index in [0.717, 1.165) is 25.7 Å². The predicted octanol–water partition coefficient (Wildman–Crippen LogP) is 0.812. The van der Waals surface area contributed by atoms with Crippen LogP contribution in [0.4, 0.5) is 0 Å². The van der Waals surface area contributed by atoms with Crippen LogP contribution in [0.25, 0.3) is 0 Å². The third-order valence-corrected chi connectivity index (χ3v) is 2.14. The third-order valence-electron chi connectivity index (χ3n) is 2.14. The fraction of sp³-hybridized carbons (Fsp3) is 1.00. The SMILES string of the molecule is C1CC2COC(CO1)C2. The Kier molecular flexibility index (Phi) is 1.44. The topological polar surface area (TPSA) is 18.5 Å². The molecule has 0 saturated carbocycles. The molecule has 2 rings (SSSR count). The molecule has 0 N–H and O–H groups in total. The molecule has 2 aliphatic heterocycles. The monoisotopic (exact) mass is 128 g/mol. The highest BCUT2D eigenvalue weighted by Crippen LogP contribution is 2.25. The highest BCUT2D eigenvalue weighted by atomic mass is 16.5. The van der Waals surface area contributed by atoms with Crippen molar-refractivity contribution in [1.82, 2.24) is 0 Å². The fourth-order valence-electron chi connectivity index (χ4n) is 1.56. The van der Waals surface area contributed by atoms with E-state index < -0.39 is 0 Å². The van der Waals surface area contributed by atoms with Gasteiger partial charge in [0.1, 0.15) is 0 Å². The van der Waals surface area contributed by atoms with E-state index in [1.807, 2.05) is 0 Å². The minimum absolute atomic E-state index is 0.428. The molecule has 0 aromatic rings. The van der Waals surface area contributed by atoms with Crippen molar-refractivity contribution in [3.8, 4) is 0 Å². The van der Waals surface area contributed by atoms with Crippen molar-refractivity contribution in [1.29, 1.82) is 0 Å². The molecule has 9 heavy (non-hydrogen) atoms.